The van der Waals surface area contributed by atoms with Gasteiger partial charge >= 0.3 is 5.97 Å². The summed E-state index contributed by atoms with van der Waals surface area (Å²) in [6.07, 6.45) is 1.27. The summed E-state index contributed by atoms with van der Waals surface area (Å²) in [4.78, 5) is 10.2. The molecule has 0 saturated carbocycles. The minimum Gasteiger partial charge on any atom is -0.479 e. The Hall–Kier alpha value is -1.08. The summed E-state index contributed by atoms with van der Waals surface area (Å²) in [6, 6.07) is 2.01. The van der Waals surface area contributed by atoms with Crippen LogP contribution < -0.4 is 0 Å². The maximum absolute atomic E-state index is 10.2. The Bertz CT molecular complexity index is 174. The van der Waals surface area contributed by atoms with E-state index in [0.29, 0.717) is 13.0 Å². The van der Waals surface area contributed by atoms with Gasteiger partial charge in [-0.1, -0.05) is 0 Å². The molecule has 4 nitrogen and oxygen atoms in total. The highest BCUT2D eigenvalue weighted by molar-refractivity contribution is 5.71. The molecule has 0 saturated heterocycles. The van der Waals surface area contributed by atoms with E-state index in [4.69, 9.17) is 15.1 Å². The van der Waals surface area contributed by atoms with Crippen LogP contribution in [0.15, 0.2) is 0 Å². The maximum Gasteiger partial charge on any atom is 0.332 e. The molecule has 68 valence electrons. The van der Waals surface area contributed by atoms with Crippen LogP contribution in [0.2, 0.25) is 0 Å². The Labute approximate surface area is 71.8 Å². The Morgan fingerprint density at radius 2 is 2.33 bits per heavy atom. The zero-order valence-electron chi connectivity index (χ0n) is 7.12. The highest BCUT2D eigenvalue weighted by atomic mass is 16.5. The van der Waals surface area contributed by atoms with E-state index in [-0.39, 0.29) is 0 Å². The Morgan fingerprint density at radius 3 is 2.83 bits per heavy atom. The lowest BCUT2D eigenvalue weighted by atomic mass is 10.2. The van der Waals surface area contributed by atoms with Gasteiger partial charge in [0.15, 0.2) is 6.10 Å². The van der Waals surface area contributed by atoms with Gasteiger partial charge < -0.3 is 9.84 Å². The molecule has 0 aromatic rings. The monoisotopic (exact) mass is 171 g/mol. The van der Waals surface area contributed by atoms with Gasteiger partial charge in [0.05, 0.1) is 6.07 Å². The van der Waals surface area contributed by atoms with Crippen LogP contribution >= 0.6 is 0 Å². The van der Waals surface area contributed by atoms with Gasteiger partial charge in [-0.3, -0.25) is 0 Å². The predicted octanol–water partition coefficient (Wildman–Crippen LogP) is 1.17. The second-order valence-electron chi connectivity index (χ2n) is 2.47. The van der Waals surface area contributed by atoms with Gasteiger partial charge in [0, 0.05) is 13.0 Å². The molecule has 0 radical (unpaired) electrons. The topological polar surface area (TPSA) is 70.3 Å². The van der Waals surface area contributed by atoms with Gasteiger partial charge in [-0.15, -0.1) is 0 Å². The SMILES string of the molecule is C[C@H](OCCCCC#N)C(=O)O. The second-order valence-corrected chi connectivity index (χ2v) is 2.47. The molecule has 0 aliphatic rings. The first kappa shape index (κ1) is 10.9. The van der Waals surface area contributed by atoms with Gasteiger partial charge in [0.1, 0.15) is 0 Å². The Balaban J connectivity index is 3.21. The summed E-state index contributed by atoms with van der Waals surface area (Å²) >= 11 is 0. The van der Waals surface area contributed by atoms with Crippen LogP contribution in [0.5, 0.6) is 0 Å². The number of carboxylic acid groups (broad SMARTS) is 1. The summed E-state index contributed by atoms with van der Waals surface area (Å²) in [5.74, 6) is -0.949. The van der Waals surface area contributed by atoms with Crippen LogP contribution in [0.3, 0.4) is 0 Å². The molecule has 0 rings (SSSR count). The van der Waals surface area contributed by atoms with Crippen LogP contribution in [-0.2, 0) is 9.53 Å². The van der Waals surface area contributed by atoms with E-state index in [0.717, 1.165) is 12.8 Å². The fraction of sp³-hybridized carbons (Fsp3) is 0.750. The molecular weight excluding hydrogens is 158 g/mol. The van der Waals surface area contributed by atoms with Crippen LogP contribution in [0.4, 0.5) is 0 Å². The third-order valence-corrected chi connectivity index (χ3v) is 1.40. The Morgan fingerprint density at radius 1 is 1.67 bits per heavy atom. The molecule has 0 aromatic heterocycles. The van der Waals surface area contributed by atoms with Crippen molar-refractivity contribution in [2.45, 2.75) is 32.3 Å². The fourth-order valence-corrected chi connectivity index (χ4v) is 0.638. The maximum atomic E-state index is 10.2. The third kappa shape index (κ3) is 5.69. The highest BCUT2D eigenvalue weighted by Gasteiger charge is 2.09. The van der Waals surface area contributed by atoms with Crippen molar-refractivity contribution in [3.63, 3.8) is 0 Å². The number of ether oxygens (including phenoxy) is 1. The summed E-state index contributed by atoms with van der Waals surface area (Å²) < 4.78 is 4.94. The molecule has 12 heavy (non-hydrogen) atoms. The van der Waals surface area contributed by atoms with Gasteiger partial charge in [-0.25, -0.2) is 4.79 Å². The lowest BCUT2D eigenvalue weighted by molar-refractivity contribution is -0.149. The van der Waals surface area contributed by atoms with Crippen molar-refractivity contribution in [2.24, 2.45) is 0 Å². The van der Waals surface area contributed by atoms with E-state index in [1.165, 1.54) is 6.92 Å². The number of nitriles is 1. The van der Waals surface area contributed by atoms with Crippen molar-refractivity contribution < 1.29 is 14.6 Å². The van der Waals surface area contributed by atoms with Crippen LogP contribution in [0.1, 0.15) is 26.2 Å². The number of aliphatic carboxylic acids is 1. The quantitative estimate of drug-likeness (QED) is 0.609. The van der Waals surface area contributed by atoms with Crippen molar-refractivity contribution in [3.05, 3.63) is 0 Å². The van der Waals surface area contributed by atoms with Gasteiger partial charge in [0.2, 0.25) is 0 Å². The Kier molecular flexibility index (Phi) is 6.02. The molecule has 0 bridgehead atoms. The summed E-state index contributed by atoms with van der Waals surface area (Å²) in [5, 5.41) is 16.6. The van der Waals surface area contributed by atoms with Crippen molar-refractivity contribution >= 4 is 5.97 Å². The summed E-state index contributed by atoms with van der Waals surface area (Å²) in [5.41, 5.74) is 0. The van der Waals surface area contributed by atoms with Crippen LogP contribution in [0, 0.1) is 11.3 Å². The normalized spacial score (nSPS) is 12.0. The molecule has 0 fully saturated rings. The molecule has 0 aliphatic heterocycles. The molecule has 0 amide bonds. The molecule has 0 aromatic carbocycles. The summed E-state index contributed by atoms with van der Waals surface area (Å²) in [6.45, 7) is 1.90. The first-order valence-electron chi connectivity index (χ1n) is 3.90. The molecule has 0 heterocycles. The van der Waals surface area contributed by atoms with E-state index in [9.17, 15) is 4.79 Å². The molecule has 0 unspecified atom stereocenters. The van der Waals surface area contributed by atoms with Crippen molar-refractivity contribution in [1.29, 1.82) is 5.26 Å². The average Bonchev–Trinajstić information content (AvgIpc) is 2.03. The van der Waals surface area contributed by atoms with Crippen LogP contribution in [0.25, 0.3) is 0 Å². The van der Waals surface area contributed by atoms with Gasteiger partial charge in [0.25, 0.3) is 0 Å². The lowest BCUT2D eigenvalue weighted by Gasteiger charge is -2.06. The average molecular weight is 171 g/mol. The van der Waals surface area contributed by atoms with E-state index in [1.54, 1.807) is 0 Å². The van der Waals surface area contributed by atoms with E-state index in [1.807, 2.05) is 6.07 Å². The van der Waals surface area contributed by atoms with Crippen molar-refractivity contribution in [2.75, 3.05) is 6.61 Å². The number of hydrogen-bond donors (Lipinski definition) is 1. The standard InChI is InChI=1S/C8H13NO3/c1-7(8(10)11)12-6-4-2-3-5-9/h7H,2-4,6H2,1H3,(H,10,11)/t7-/m0/s1. The first-order valence-corrected chi connectivity index (χ1v) is 3.90. The van der Waals surface area contributed by atoms with E-state index >= 15 is 0 Å². The zero-order chi connectivity index (χ0) is 9.40. The highest BCUT2D eigenvalue weighted by Crippen LogP contribution is 1.97. The van der Waals surface area contributed by atoms with Crippen molar-refractivity contribution in [3.8, 4) is 6.07 Å². The molecule has 4 heteroatoms. The smallest absolute Gasteiger partial charge is 0.332 e. The second kappa shape index (κ2) is 6.62. The van der Waals surface area contributed by atoms with E-state index in [2.05, 4.69) is 0 Å². The largest absolute Gasteiger partial charge is 0.479 e. The minimum atomic E-state index is -0.949. The van der Waals surface area contributed by atoms with Gasteiger partial charge in [-0.2, -0.15) is 5.26 Å². The molecule has 0 aliphatic carbocycles. The molecule has 0 spiro atoms. The minimum absolute atomic E-state index is 0.412. The molecular formula is C8H13NO3. The number of nitrogens with zero attached hydrogens (tertiary/aromatic N) is 1. The predicted molar refractivity (Wildman–Crippen MR) is 42.5 cm³/mol. The summed E-state index contributed by atoms with van der Waals surface area (Å²) in [7, 11) is 0. The molecule has 1 atom stereocenters. The van der Waals surface area contributed by atoms with Gasteiger partial charge in [-0.05, 0) is 19.8 Å². The number of unbranched alkanes of at least 4 members (excludes halogenated alkanes) is 2. The molecule has 1 N–H and O–H groups in total. The number of carbonyl (C=O) groups is 1. The van der Waals surface area contributed by atoms with E-state index < -0.39 is 12.1 Å². The lowest BCUT2D eigenvalue weighted by Crippen LogP contribution is -2.20. The number of carboxylic acids is 1. The van der Waals surface area contributed by atoms with Crippen LogP contribution in [-0.4, -0.2) is 23.8 Å². The number of rotatable bonds is 6. The fourth-order valence-electron chi connectivity index (χ4n) is 0.638. The first-order chi connectivity index (χ1) is 5.68. The zero-order valence-corrected chi connectivity index (χ0v) is 7.12. The number of hydrogen-bond acceptors (Lipinski definition) is 3. The third-order valence-electron chi connectivity index (χ3n) is 1.40. The van der Waals surface area contributed by atoms with Crippen molar-refractivity contribution in [1.82, 2.24) is 0 Å².